The van der Waals surface area contributed by atoms with E-state index in [0.29, 0.717) is 16.5 Å². The number of rotatable bonds is 5. The zero-order chi connectivity index (χ0) is 18.0. The van der Waals surface area contributed by atoms with Crippen molar-refractivity contribution in [2.24, 2.45) is 0 Å². The molecule has 7 heteroatoms. The maximum atomic E-state index is 13.0. The lowest BCUT2D eigenvalue weighted by Crippen LogP contribution is -2.18. The number of anilines is 1. The molecular weight excluding hydrogens is 362 g/mol. The standard InChI is InChI=1S/C18H20ClNO4S/c1-23-16-9-10-18(14-6-4-3-5-13(14)16)25(21,22)20-15-11-12(19)7-8-17(15)24-2/h7-11,20H,3-6H2,1-2H3. The van der Waals surface area contributed by atoms with Crippen LogP contribution in [0.15, 0.2) is 35.2 Å². The molecule has 3 rings (SSSR count). The molecule has 1 N–H and O–H groups in total. The van der Waals surface area contributed by atoms with Crippen LogP contribution in [-0.4, -0.2) is 22.6 Å². The Balaban J connectivity index is 2.06. The second-order valence-electron chi connectivity index (χ2n) is 5.88. The number of hydrogen-bond acceptors (Lipinski definition) is 4. The van der Waals surface area contributed by atoms with Crippen molar-refractivity contribution in [2.45, 2.75) is 30.6 Å². The molecule has 0 saturated heterocycles. The summed E-state index contributed by atoms with van der Waals surface area (Å²) in [6, 6.07) is 8.13. The lowest BCUT2D eigenvalue weighted by molar-refractivity contribution is 0.405. The third kappa shape index (κ3) is 3.55. The number of methoxy groups -OCH3 is 2. The summed E-state index contributed by atoms with van der Waals surface area (Å²) in [4.78, 5) is 0.282. The molecule has 2 aromatic rings. The molecule has 2 aromatic carbocycles. The zero-order valence-electron chi connectivity index (χ0n) is 14.1. The highest BCUT2D eigenvalue weighted by Gasteiger charge is 2.26. The fourth-order valence-corrected chi connectivity index (χ4v) is 4.73. The van der Waals surface area contributed by atoms with Crippen molar-refractivity contribution in [2.75, 3.05) is 18.9 Å². The molecule has 134 valence electrons. The van der Waals surface area contributed by atoms with E-state index >= 15 is 0 Å². The molecule has 0 fully saturated rings. The van der Waals surface area contributed by atoms with Crippen molar-refractivity contribution < 1.29 is 17.9 Å². The molecule has 0 unspecified atom stereocenters. The molecular formula is C18H20ClNO4S. The van der Waals surface area contributed by atoms with Gasteiger partial charge in [-0.15, -0.1) is 0 Å². The average Bonchev–Trinajstić information content (AvgIpc) is 2.60. The first-order valence-corrected chi connectivity index (χ1v) is 9.87. The Labute approximate surface area is 153 Å². The Hall–Kier alpha value is -1.92. The van der Waals surface area contributed by atoms with Crippen LogP contribution >= 0.6 is 11.6 Å². The molecule has 5 nitrogen and oxygen atoms in total. The van der Waals surface area contributed by atoms with E-state index in [1.807, 2.05) is 0 Å². The van der Waals surface area contributed by atoms with Crippen LogP contribution < -0.4 is 14.2 Å². The van der Waals surface area contributed by atoms with E-state index in [2.05, 4.69) is 4.72 Å². The van der Waals surface area contributed by atoms with Crippen LogP contribution in [0.25, 0.3) is 0 Å². The molecule has 1 aliphatic carbocycles. The van der Waals surface area contributed by atoms with Gasteiger partial charge < -0.3 is 9.47 Å². The molecule has 0 bridgehead atoms. The lowest BCUT2D eigenvalue weighted by atomic mass is 9.91. The first kappa shape index (κ1) is 17.9. The summed E-state index contributed by atoms with van der Waals surface area (Å²) in [5.74, 6) is 1.16. The topological polar surface area (TPSA) is 64.6 Å². The minimum atomic E-state index is -3.77. The fourth-order valence-electron chi connectivity index (χ4n) is 3.20. The second kappa shape index (κ2) is 7.14. The van der Waals surface area contributed by atoms with Crippen molar-refractivity contribution in [3.05, 3.63) is 46.5 Å². The van der Waals surface area contributed by atoms with Crippen LogP contribution in [0.1, 0.15) is 24.0 Å². The molecule has 0 saturated carbocycles. The van der Waals surface area contributed by atoms with Gasteiger partial charge in [0.25, 0.3) is 10.0 Å². The van der Waals surface area contributed by atoms with Crippen LogP contribution in [0, 0.1) is 0 Å². The zero-order valence-corrected chi connectivity index (χ0v) is 15.7. The summed E-state index contributed by atoms with van der Waals surface area (Å²) < 4.78 is 39.2. The summed E-state index contributed by atoms with van der Waals surface area (Å²) in [5.41, 5.74) is 2.13. The summed E-state index contributed by atoms with van der Waals surface area (Å²) in [7, 11) is -0.686. The van der Waals surface area contributed by atoms with Crippen LogP contribution in [-0.2, 0) is 22.9 Å². The van der Waals surface area contributed by atoms with Gasteiger partial charge >= 0.3 is 0 Å². The maximum absolute atomic E-state index is 13.0. The number of benzene rings is 2. The molecule has 0 aromatic heterocycles. The molecule has 0 radical (unpaired) electrons. The minimum Gasteiger partial charge on any atom is -0.496 e. The lowest BCUT2D eigenvalue weighted by Gasteiger charge is -2.22. The Morgan fingerprint density at radius 3 is 2.28 bits per heavy atom. The Bertz CT molecular complexity index is 896. The highest BCUT2D eigenvalue weighted by atomic mass is 35.5. The second-order valence-corrected chi connectivity index (χ2v) is 7.97. The van der Waals surface area contributed by atoms with Crippen molar-refractivity contribution in [1.29, 1.82) is 0 Å². The van der Waals surface area contributed by atoms with Gasteiger partial charge in [-0.1, -0.05) is 11.6 Å². The molecule has 1 aliphatic rings. The number of nitrogens with one attached hydrogen (secondary N) is 1. The van der Waals surface area contributed by atoms with E-state index in [4.69, 9.17) is 21.1 Å². The van der Waals surface area contributed by atoms with Gasteiger partial charge in [-0.3, -0.25) is 4.72 Å². The van der Waals surface area contributed by atoms with Gasteiger partial charge in [0.2, 0.25) is 0 Å². The van der Waals surface area contributed by atoms with E-state index in [9.17, 15) is 8.42 Å². The molecule has 0 heterocycles. The van der Waals surface area contributed by atoms with E-state index in [1.54, 1.807) is 31.4 Å². The monoisotopic (exact) mass is 381 g/mol. The van der Waals surface area contributed by atoms with E-state index in [1.165, 1.54) is 13.2 Å². The van der Waals surface area contributed by atoms with Crippen LogP contribution in [0.2, 0.25) is 5.02 Å². The highest BCUT2D eigenvalue weighted by Crippen LogP contribution is 2.36. The predicted molar refractivity (Wildman–Crippen MR) is 98.4 cm³/mol. The molecule has 0 amide bonds. The number of sulfonamides is 1. The van der Waals surface area contributed by atoms with Crippen molar-refractivity contribution in [3.63, 3.8) is 0 Å². The summed E-state index contributed by atoms with van der Waals surface area (Å²) in [6.45, 7) is 0. The number of fused-ring (bicyclic) bond motifs is 1. The summed E-state index contributed by atoms with van der Waals surface area (Å²) >= 11 is 6.00. The predicted octanol–water partition coefficient (Wildman–Crippen LogP) is 4.04. The van der Waals surface area contributed by atoms with Gasteiger partial charge in [-0.05, 0) is 67.1 Å². The summed E-state index contributed by atoms with van der Waals surface area (Å²) in [6.07, 6.45) is 3.53. The summed E-state index contributed by atoms with van der Waals surface area (Å²) in [5, 5.41) is 0.426. The molecule has 0 aliphatic heterocycles. The first-order chi connectivity index (χ1) is 12.0. The average molecular weight is 382 g/mol. The van der Waals surface area contributed by atoms with E-state index in [-0.39, 0.29) is 4.90 Å². The van der Waals surface area contributed by atoms with E-state index < -0.39 is 10.0 Å². The Morgan fingerprint density at radius 2 is 1.60 bits per heavy atom. The number of ether oxygens (including phenoxy) is 2. The number of hydrogen-bond donors (Lipinski definition) is 1. The largest absolute Gasteiger partial charge is 0.496 e. The Kier molecular flexibility index (Phi) is 5.11. The van der Waals surface area contributed by atoms with Crippen LogP contribution in [0.5, 0.6) is 11.5 Å². The third-order valence-corrected chi connectivity index (χ3v) is 6.05. The molecule has 25 heavy (non-hydrogen) atoms. The van der Waals surface area contributed by atoms with Gasteiger partial charge in [0.1, 0.15) is 11.5 Å². The highest BCUT2D eigenvalue weighted by molar-refractivity contribution is 7.92. The smallest absolute Gasteiger partial charge is 0.262 e. The van der Waals surface area contributed by atoms with Crippen molar-refractivity contribution in [3.8, 4) is 11.5 Å². The van der Waals surface area contributed by atoms with Gasteiger partial charge in [0.05, 0.1) is 24.8 Å². The van der Waals surface area contributed by atoms with E-state index in [0.717, 1.165) is 42.6 Å². The van der Waals surface area contributed by atoms with Crippen LogP contribution in [0.4, 0.5) is 5.69 Å². The fraction of sp³-hybridized carbons (Fsp3) is 0.333. The molecule has 0 atom stereocenters. The number of halogens is 1. The molecule has 0 spiro atoms. The van der Waals surface area contributed by atoms with Crippen molar-refractivity contribution >= 4 is 27.3 Å². The SMILES string of the molecule is COc1ccc(Cl)cc1NS(=O)(=O)c1ccc(OC)c2c1CCCC2. The van der Waals surface area contributed by atoms with Crippen molar-refractivity contribution in [1.82, 2.24) is 0 Å². The normalized spacial score (nSPS) is 13.9. The first-order valence-electron chi connectivity index (χ1n) is 8.01. The Morgan fingerprint density at radius 1 is 0.960 bits per heavy atom. The maximum Gasteiger partial charge on any atom is 0.262 e. The minimum absolute atomic E-state index is 0.282. The third-order valence-electron chi connectivity index (χ3n) is 4.36. The quantitative estimate of drug-likeness (QED) is 0.848. The van der Waals surface area contributed by atoms with Gasteiger partial charge in [-0.2, -0.15) is 0 Å². The van der Waals surface area contributed by atoms with Gasteiger partial charge in [0, 0.05) is 5.02 Å². The van der Waals surface area contributed by atoms with Crippen LogP contribution in [0.3, 0.4) is 0 Å². The van der Waals surface area contributed by atoms with Gasteiger partial charge in [0.15, 0.2) is 0 Å². The van der Waals surface area contributed by atoms with Gasteiger partial charge in [-0.25, -0.2) is 8.42 Å².